The molecule has 0 aromatic heterocycles. The molecule has 0 radical (unpaired) electrons. The van der Waals surface area contributed by atoms with Gasteiger partial charge in [-0.2, -0.15) is 0 Å². The fraction of sp³-hybridized carbons (Fsp3) is 0.667. The summed E-state index contributed by atoms with van der Waals surface area (Å²) in [6.45, 7) is 13.7. The van der Waals surface area contributed by atoms with E-state index in [1.54, 1.807) is 14.2 Å². The smallest absolute Gasteiger partial charge is 0.326 e. The molecule has 10 heteroatoms. The van der Waals surface area contributed by atoms with E-state index in [1.807, 2.05) is 50.4 Å². The van der Waals surface area contributed by atoms with Crippen molar-refractivity contribution in [1.29, 1.82) is 0 Å². The van der Waals surface area contributed by atoms with Crippen LogP contribution in [0, 0.1) is 6.92 Å². The van der Waals surface area contributed by atoms with Crippen LogP contribution in [0.25, 0.3) is 11.1 Å². The van der Waals surface area contributed by atoms with E-state index in [1.165, 1.54) is 76.9 Å². The minimum Gasteiger partial charge on any atom is -0.480 e. The maximum atomic E-state index is 13.1. The van der Waals surface area contributed by atoms with Gasteiger partial charge in [0.05, 0.1) is 25.4 Å². The number of nitrogens with one attached hydrogen (secondary N) is 1. The van der Waals surface area contributed by atoms with Crippen LogP contribution >= 0.6 is 12.0 Å². The molecule has 2 aliphatic rings. The van der Waals surface area contributed by atoms with E-state index in [2.05, 4.69) is 48.7 Å². The van der Waals surface area contributed by atoms with Gasteiger partial charge in [-0.1, -0.05) is 69.9 Å². The van der Waals surface area contributed by atoms with Crippen LogP contribution in [-0.2, 0) is 29.7 Å². The highest BCUT2D eigenvalue weighted by Gasteiger charge is 2.23. The minimum atomic E-state index is -1.05. The van der Waals surface area contributed by atoms with Gasteiger partial charge >= 0.3 is 5.97 Å². The molecule has 1 heterocycles. The minimum absolute atomic E-state index is 0.284. The third-order valence-corrected chi connectivity index (χ3v) is 9.84. The van der Waals surface area contributed by atoms with Gasteiger partial charge in [0.1, 0.15) is 6.04 Å². The summed E-state index contributed by atoms with van der Waals surface area (Å²) in [7, 11) is 6.60. The van der Waals surface area contributed by atoms with Crippen molar-refractivity contribution in [3.63, 3.8) is 0 Å². The Morgan fingerprint density at radius 2 is 1.56 bits per heavy atom. The zero-order valence-corrected chi connectivity index (χ0v) is 34.5. The molecule has 3 atom stereocenters. The molecule has 3 unspecified atom stereocenters. The molecule has 1 amide bonds. The zero-order chi connectivity index (χ0) is 38.7. The Kier molecular flexibility index (Phi) is 26.5. The number of carboxylic acid groups (broad SMARTS) is 1. The van der Waals surface area contributed by atoms with Gasteiger partial charge < -0.3 is 28.8 Å². The second-order valence-electron chi connectivity index (χ2n) is 13.7. The van der Waals surface area contributed by atoms with Crippen LogP contribution in [0.1, 0.15) is 120 Å². The van der Waals surface area contributed by atoms with Crippen LogP contribution < -0.4 is 5.32 Å². The zero-order valence-electron chi connectivity index (χ0n) is 33.7. The summed E-state index contributed by atoms with van der Waals surface area (Å²) in [6, 6.07) is 12.9. The number of hydrogen-bond donors (Lipinski definition) is 2. The van der Waals surface area contributed by atoms with Crippen molar-refractivity contribution in [2.75, 3.05) is 47.3 Å². The summed E-state index contributed by atoms with van der Waals surface area (Å²) >= 11 is 1.18. The molecule has 2 fully saturated rings. The highest BCUT2D eigenvalue weighted by Crippen LogP contribution is 2.29. The van der Waals surface area contributed by atoms with Gasteiger partial charge in [-0.25, -0.2) is 4.79 Å². The number of carboxylic acids is 1. The van der Waals surface area contributed by atoms with Gasteiger partial charge in [0.15, 0.2) is 0 Å². The molecular formula is C42H70N2O7S. The lowest BCUT2D eigenvalue weighted by atomic mass is 9.93. The maximum absolute atomic E-state index is 13.1. The Morgan fingerprint density at radius 1 is 0.904 bits per heavy atom. The number of aliphatic carboxylic acids is 1. The molecule has 2 aromatic rings. The van der Waals surface area contributed by atoms with Crippen LogP contribution in [0.4, 0.5) is 0 Å². The predicted molar refractivity (Wildman–Crippen MR) is 216 cm³/mol. The van der Waals surface area contributed by atoms with E-state index in [4.69, 9.17) is 13.7 Å². The standard InChI is InChI=1S/C24H30N2O4S.C9H20O.C7H14O.C2H6O/c1-17-7-3-4-8-19(17)21-15-18(16-26-12-5-6-13-26)9-10-20(21)23(27)25-22(24(28)29)11-14-31-30-2;1-5-7-9(4)10-8(3)6-2;1-8-7-5-3-2-4-6-7;1-3-2/h3-4,7-10,15,22H,5-6,11-14,16H2,1-2H3,(H,25,27)(H,28,29);8-9H,5-7H2,1-4H3;7H,2-6H2,1H3;1-2H3. The van der Waals surface area contributed by atoms with Gasteiger partial charge in [-0.15, -0.1) is 0 Å². The van der Waals surface area contributed by atoms with Crippen molar-refractivity contribution in [3.05, 3.63) is 59.2 Å². The summed E-state index contributed by atoms with van der Waals surface area (Å²) in [5, 5.41) is 12.2. The molecular weight excluding hydrogens is 677 g/mol. The van der Waals surface area contributed by atoms with Crippen molar-refractivity contribution in [3.8, 4) is 11.1 Å². The summed E-state index contributed by atoms with van der Waals surface area (Å²) in [6.07, 6.45) is 14.5. The van der Waals surface area contributed by atoms with Crippen molar-refractivity contribution in [2.45, 2.75) is 136 Å². The SMILES string of the molecule is CCCC(C)OC(C)CC.COC.COC1CCCCC1.COSCCC(NC(=O)c1ccc(CN2CCCC2)cc1-c1ccccc1C)C(=O)O. The number of amides is 1. The van der Waals surface area contributed by atoms with Gasteiger partial charge in [-0.05, 0) is 125 Å². The lowest BCUT2D eigenvalue weighted by molar-refractivity contribution is -0.139. The second kappa shape index (κ2) is 29.0. The average Bonchev–Trinajstić information content (AvgIpc) is 3.65. The number of carbonyl (C=O) groups excluding carboxylic acids is 1. The Balaban J connectivity index is 0.000000522. The molecule has 2 aromatic carbocycles. The summed E-state index contributed by atoms with van der Waals surface area (Å²) in [5.74, 6) is -0.943. The fourth-order valence-corrected chi connectivity index (χ4v) is 6.69. The first-order valence-electron chi connectivity index (χ1n) is 19.2. The molecule has 0 bridgehead atoms. The largest absolute Gasteiger partial charge is 0.480 e. The summed E-state index contributed by atoms with van der Waals surface area (Å²) < 4.78 is 20.0. The molecule has 1 aliphatic carbocycles. The number of methoxy groups -OCH3 is 2. The van der Waals surface area contributed by atoms with Crippen LogP contribution in [0.2, 0.25) is 0 Å². The topological polar surface area (TPSA) is 107 Å². The highest BCUT2D eigenvalue weighted by atomic mass is 32.2. The van der Waals surface area contributed by atoms with E-state index in [0.29, 0.717) is 29.6 Å². The van der Waals surface area contributed by atoms with E-state index < -0.39 is 12.0 Å². The summed E-state index contributed by atoms with van der Waals surface area (Å²) in [4.78, 5) is 27.2. The predicted octanol–water partition coefficient (Wildman–Crippen LogP) is 9.34. The van der Waals surface area contributed by atoms with Crippen LogP contribution in [0.5, 0.6) is 0 Å². The van der Waals surface area contributed by atoms with Crippen molar-refractivity contribution >= 4 is 23.9 Å². The first kappa shape index (κ1) is 47.6. The number of hydrogen-bond acceptors (Lipinski definition) is 8. The third-order valence-electron chi connectivity index (χ3n) is 9.20. The van der Waals surface area contributed by atoms with Crippen molar-refractivity contribution in [2.24, 2.45) is 0 Å². The number of likely N-dealkylation sites (tertiary alicyclic amines) is 1. The van der Waals surface area contributed by atoms with Crippen LogP contribution in [0.15, 0.2) is 42.5 Å². The van der Waals surface area contributed by atoms with Crippen molar-refractivity contribution in [1.82, 2.24) is 10.2 Å². The maximum Gasteiger partial charge on any atom is 0.326 e. The first-order valence-corrected chi connectivity index (χ1v) is 20.1. The molecule has 1 saturated carbocycles. The van der Waals surface area contributed by atoms with Gasteiger partial charge in [0.2, 0.25) is 0 Å². The Hall–Kier alpha value is -2.47. The molecule has 296 valence electrons. The number of carbonyl (C=O) groups is 2. The monoisotopic (exact) mass is 746 g/mol. The molecule has 2 N–H and O–H groups in total. The molecule has 1 aliphatic heterocycles. The van der Waals surface area contributed by atoms with Crippen LogP contribution in [-0.4, -0.2) is 93.5 Å². The van der Waals surface area contributed by atoms with E-state index in [0.717, 1.165) is 48.3 Å². The summed E-state index contributed by atoms with van der Waals surface area (Å²) in [5.41, 5.74) is 4.54. The Bertz CT molecular complexity index is 1230. The van der Waals surface area contributed by atoms with Gasteiger partial charge in [-0.3, -0.25) is 9.69 Å². The molecule has 52 heavy (non-hydrogen) atoms. The lowest BCUT2D eigenvalue weighted by Crippen LogP contribution is -2.41. The number of benzene rings is 2. The van der Waals surface area contributed by atoms with Gasteiger partial charge in [0, 0.05) is 39.2 Å². The number of rotatable bonds is 16. The van der Waals surface area contributed by atoms with E-state index in [9.17, 15) is 14.7 Å². The van der Waals surface area contributed by atoms with Gasteiger partial charge in [0.25, 0.3) is 5.91 Å². The number of aryl methyl sites for hydroxylation is 1. The Labute approximate surface area is 320 Å². The average molecular weight is 747 g/mol. The third kappa shape index (κ3) is 19.6. The highest BCUT2D eigenvalue weighted by molar-refractivity contribution is 7.94. The van der Waals surface area contributed by atoms with Crippen LogP contribution in [0.3, 0.4) is 0 Å². The molecule has 4 rings (SSSR count). The molecule has 0 spiro atoms. The Morgan fingerprint density at radius 3 is 2.10 bits per heavy atom. The fourth-order valence-electron chi connectivity index (χ4n) is 6.20. The lowest BCUT2D eigenvalue weighted by Gasteiger charge is -2.19. The second-order valence-corrected chi connectivity index (χ2v) is 14.7. The quantitative estimate of drug-likeness (QED) is 0.128. The van der Waals surface area contributed by atoms with E-state index in [-0.39, 0.29) is 12.3 Å². The van der Waals surface area contributed by atoms with E-state index >= 15 is 0 Å². The molecule has 1 saturated heterocycles. The molecule has 9 nitrogen and oxygen atoms in total. The number of ether oxygens (including phenoxy) is 3. The first-order chi connectivity index (χ1) is 25.0. The van der Waals surface area contributed by atoms with Crippen molar-refractivity contribution < 1.29 is 33.1 Å². The normalized spacial score (nSPS) is 16.2. The number of nitrogens with zero attached hydrogens (tertiary/aromatic N) is 1.